The van der Waals surface area contributed by atoms with Crippen molar-refractivity contribution in [2.75, 3.05) is 6.67 Å². The highest BCUT2D eigenvalue weighted by Crippen LogP contribution is 2.21. The quantitative estimate of drug-likeness (QED) is 0.425. The monoisotopic (exact) mass is 148 g/mol. The predicted octanol–water partition coefficient (Wildman–Crippen LogP) is 2.15. The van der Waals surface area contributed by atoms with E-state index in [0.29, 0.717) is 5.04 Å². The van der Waals surface area contributed by atoms with E-state index in [4.69, 9.17) is 0 Å². The Morgan fingerprint density at radius 1 is 1.33 bits per heavy atom. The largest absolute Gasteiger partial charge is 0.251 e. The molecule has 0 saturated carbocycles. The van der Waals surface area contributed by atoms with Gasteiger partial charge in [0, 0.05) is 9.52 Å². The topological polar surface area (TPSA) is 0 Å². The molecule has 0 N–H and O–H groups in total. The molecule has 0 aliphatic heterocycles. The van der Waals surface area contributed by atoms with E-state index in [-0.39, 0.29) is 16.2 Å². The number of halogens is 1. The van der Waals surface area contributed by atoms with Crippen molar-refractivity contribution in [1.29, 1.82) is 0 Å². The molecular formula is C7H17FSi. The minimum atomic E-state index is -0.122. The normalized spacial score (nSPS) is 13.3. The fourth-order valence-electron chi connectivity index (χ4n) is 0.750. The Bertz CT molecular complexity index is 65.8. The molecule has 0 aromatic heterocycles. The Kier molecular flexibility index (Phi) is 4.11. The average molecular weight is 148 g/mol. The molecule has 0 aliphatic carbocycles. The maximum atomic E-state index is 11.6. The molecule has 0 unspecified atom stereocenters. The minimum absolute atomic E-state index is 0.00136. The van der Waals surface area contributed by atoms with E-state index >= 15 is 0 Å². The second-order valence-electron chi connectivity index (χ2n) is 3.71. The smallest absolute Gasteiger partial charge is 0.0891 e. The standard InChI is InChI=1S/C7H17FSi/c1-7(2,3)9-6-4-5-8/h4-6,9H2,1-3H3. The lowest BCUT2D eigenvalue weighted by atomic mass is 10.2. The Morgan fingerprint density at radius 2 is 1.89 bits per heavy atom. The summed E-state index contributed by atoms with van der Waals surface area (Å²) in [5, 5.41) is 0.523. The van der Waals surface area contributed by atoms with Crippen LogP contribution in [0.25, 0.3) is 0 Å². The van der Waals surface area contributed by atoms with Crippen LogP contribution in [-0.2, 0) is 0 Å². The third-order valence-corrected chi connectivity index (χ3v) is 3.66. The molecule has 0 amide bonds. The number of hydrogen-bond donors (Lipinski definition) is 0. The van der Waals surface area contributed by atoms with Gasteiger partial charge < -0.3 is 0 Å². The van der Waals surface area contributed by atoms with Gasteiger partial charge in [-0.3, -0.25) is 4.39 Å². The molecule has 0 bridgehead atoms. The SMILES string of the molecule is CC(C)(C)[SiH2]CCCF. The highest BCUT2D eigenvalue weighted by atomic mass is 28.2. The van der Waals surface area contributed by atoms with Crippen molar-refractivity contribution in [2.24, 2.45) is 0 Å². The first-order chi connectivity index (χ1) is 4.06. The van der Waals surface area contributed by atoms with Crippen LogP contribution < -0.4 is 0 Å². The summed E-state index contributed by atoms with van der Waals surface area (Å²) >= 11 is 0. The van der Waals surface area contributed by atoms with Gasteiger partial charge in [0.1, 0.15) is 0 Å². The molecule has 0 fully saturated rings. The van der Waals surface area contributed by atoms with Crippen LogP contribution >= 0.6 is 0 Å². The first-order valence-corrected chi connectivity index (χ1v) is 5.33. The van der Waals surface area contributed by atoms with Crippen LogP contribution in [-0.4, -0.2) is 16.2 Å². The van der Waals surface area contributed by atoms with E-state index in [1.165, 1.54) is 6.04 Å². The number of hydrogen-bond acceptors (Lipinski definition) is 0. The lowest BCUT2D eigenvalue weighted by molar-refractivity contribution is 0.485. The summed E-state index contributed by atoms with van der Waals surface area (Å²) in [6, 6.07) is 1.17. The van der Waals surface area contributed by atoms with Crippen LogP contribution in [0, 0.1) is 0 Å². The van der Waals surface area contributed by atoms with Gasteiger partial charge in [-0.2, -0.15) is 0 Å². The molecule has 0 aromatic carbocycles. The van der Waals surface area contributed by atoms with Crippen LogP contribution in [0.1, 0.15) is 27.2 Å². The van der Waals surface area contributed by atoms with Crippen LogP contribution in [0.3, 0.4) is 0 Å². The Morgan fingerprint density at radius 3 is 2.22 bits per heavy atom. The Balaban J connectivity index is 3.07. The minimum Gasteiger partial charge on any atom is -0.251 e. The van der Waals surface area contributed by atoms with Gasteiger partial charge in [-0.15, -0.1) is 0 Å². The van der Waals surface area contributed by atoms with E-state index in [2.05, 4.69) is 20.8 Å². The van der Waals surface area contributed by atoms with Gasteiger partial charge in [0.2, 0.25) is 0 Å². The van der Waals surface area contributed by atoms with Crippen LogP contribution in [0.5, 0.6) is 0 Å². The summed E-state index contributed by atoms with van der Waals surface area (Å²) in [5.74, 6) is 0. The molecule has 0 atom stereocenters. The first-order valence-electron chi connectivity index (χ1n) is 3.62. The van der Waals surface area contributed by atoms with Gasteiger partial charge >= 0.3 is 0 Å². The zero-order chi connectivity index (χ0) is 7.33. The molecule has 0 aliphatic rings. The second-order valence-corrected chi connectivity index (χ2v) is 7.04. The molecule has 0 radical (unpaired) electrons. The zero-order valence-corrected chi connectivity index (χ0v) is 8.12. The zero-order valence-electron chi connectivity index (χ0n) is 6.71. The highest BCUT2D eigenvalue weighted by Gasteiger charge is 2.08. The van der Waals surface area contributed by atoms with Gasteiger partial charge in [-0.25, -0.2) is 0 Å². The van der Waals surface area contributed by atoms with E-state index in [1.807, 2.05) is 0 Å². The maximum Gasteiger partial charge on any atom is 0.0891 e. The molecule has 0 saturated heterocycles. The van der Waals surface area contributed by atoms with Gasteiger partial charge in [-0.05, 0) is 11.5 Å². The van der Waals surface area contributed by atoms with Crippen LogP contribution in [0.15, 0.2) is 0 Å². The first kappa shape index (κ1) is 9.15. The molecule has 0 rings (SSSR count). The average Bonchev–Trinajstić information content (AvgIpc) is 1.63. The lowest BCUT2D eigenvalue weighted by Crippen LogP contribution is -2.07. The summed E-state index contributed by atoms with van der Waals surface area (Å²) in [7, 11) is -0.00136. The summed E-state index contributed by atoms with van der Waals surface area (Å²) in [6.07, 6.45) is 0.795. The van der Waals surface area contributed by atoms with E-state index in [0.717, 1.165) is 6.42 Å². The van der Waals surface area contributed by atoms with Crippen LogP contribution in [0.4, 0.5) is 4.39 Å². The highest BCUT2D eigenvalue weighted by molar-refractivity contribution is 6.39. The predicted molar refractivity (Wildman–Crippen MR) is 43.7 cm³/mol. The fourth-order valence-corrected chi connectivity index (χ4v) is 2.25. The molecule has 0 nitrogen and oxygen atoms in total. The summed E-state index contributed by atoms with van der Waals surface area (Å²) in [6.45, 7) is 6.62. The molecule has 0 spiro atoms. The summed E-state index contributed by atoms with van der Waals surface area (Å²) in [4.78, 5) is 0. The molecule has 2 heteroatoms. The molecule has 0 heterocycles. The van der Waals surface area contributed by atoms with E-state index < -0.39 is 0 Å². The van der Waals surface area contributed by atoms with Crippen molar-refractivity contribution < 1.29 is 4.39 Å². The third-order valence-electron chi connectivity index (χ3n) is 1.31. The fraction of sp³-hybridized carbons (Fsp3) is 1.00. The Hall–Kier alpha value is 0.147. The van der Waals surface area contributed by atoms with Gasteiger partial charge in [0.15, 0.2) is 0 Å². The van der Waals surface area contributed by atoms with Crippen molar-refractivity contribution in [3.8, 4) is 0 Å². The maximum absolute atomic E-state index is 11.6. The van der Waals surface area contributed by atoms with Crippen molar-refractivity contribution in [2.45, 2.75) is 38.3 Å². The summed E-state index contributed by atoms with van der Waals surface area (Å²) in [5.41, 5.74) is 0. The summed E-state index contributed by atoms with van der Waals surface area (Å²) < 4.78 is 11.6. The van der Waals surface area contributed by atoms with E-state index in [9.17, 15) is 4.39 Å². The van der Waals surface area contributed by atoms with Crippen molar-refractivity contribution in [1.82, 2.24) is 0 Å². The molecule has 56 valence electrons. The Labute approximate surface area is 59.7 Å². The third kappa shape index (κ3) is 8.15. The van der Waals surface area contributed by atoms with Gasteiger partial charge in [-0.1, -0.05) is 26.8 Å². The number of alkyl halides is 1. The lowest BCUT2D eigenvalue weighted by Gasteiger charge is -2.15. The van der Waals surface area contributed by atoms with Gasteiger partial charge in [0.25, 0.3) is 0 Å². The van der Waals surface area contributed by atoms with Crippen LogP contribution in [0.2, 0.25) is 11.1 Å². The van der Waals surface area contributed by atoms with E-state index in [1.54, 1.807) is 0 Å². The van der Waals surface area contributed by atoms with Gasteiger partial charge in [0.05, 0.1) is 6.67 Å². The van der Waals surface area contributed by atoms with Crippen molar-refractivity contribution in [3.05, 3.63) is 0 Å². The second kappa shape index (κ2) is 4.04. The molecule has 9 heavy (non-hydrogen) atoms. The number of rotatable bonds is 3. The van der Waals surface area contributed by atoms with Crippen molar-refractivity contribution in [3.63, 3.8) is 0 Å². The molecule has 0 aromatic rings. The molecular weight excluding hydrogens is 131 g/mol. The van der Waals surface area contributed by atoms with Crippen molar-refractivity contribution >= 4 is 9.52 Å².